The van der Waals surface area contributed by atoms with Gasteiger partial charge < -0.3 is 19.3 Å². The van der Waals surface area contributed by atoms with Gasteiger partial charge in [0.25, 0.3) is 10.0 Å². The van der Waals surface area contributed by atoms with Gasteiger partial charge in [0, 0.05) is 44.6 Å². The van der Waals surface area contributed by atoms with Crippen molar-refractivity contribution in [2.75, 3.05) is 54.9 Å². The summed E-state index contributed by atoms with van der Waals surface area (Å²) in [5.74, 6) is 1.87. The van der Waals surface area contributed by atoms with Crippen LogP contribution in [-0.2, 0) is 10.0 Å². The largest absolute Gasteiger partial charge is 0.493 e. The lowest BCUT2D eigenvalue weighted by atomic mass is 10.2. The van der Waals surface area contributed by atoms with Gasteiger partial charge >= 0.3 is 0 Å². The Labute approximate surface area is 197 Å². The number of sulfonamides is 1. The number of aromatic nitrogens is 3. The third-order valence-corrected chi connectivity index (χ3v) is 6.70. The number of piperazine rings is 1. The van der Waals surface area contributed by atoms with Crippen LogP contribution in [0.1, 0.15) is 5.56 Å². The molecule has 0 atom stereocenters. The first-order chi connectivity index (χ1) is 16.4. The molecule has 3 heterocycles. The lowest BCUT2D eigenvalue weighted by Crippen LogP contribution is -2.47. The molecule has 3 aromatic rings. The first kappa shape index (κ1) is 23.1. The standard InChI is InChI=1S/C22H23N7O4S/c1-32-19-5-4-18(13-20(19)33-2)34(30,31)27-17-12-16(14-23)21(26-15-17)28-8-10-29(11-9-28)22-24-6-3-7-25-22/h3-7,12-13,15,27H,8-11H2,1-2H3. The van der Waals surface area contributed by atoms with Crippen LogP contribution in [0.5, 0.6) is 11.5 Å². The Hall–Kier alpha value is -4.11. The highest BCUT2D eigenvalue weighted by atomic mass is 32.2. The Bertz CT molecular complexity index is 1300. The van der Waals surface area contributed by atoms with E-state index in [1.807, 2.05) is 4.90 Å². The number of hydrogen-bond donors (Lipinski definition) is 1. The molecule has 0 radical (unpaired) electrons. The third kappa shape index (κ3) is 4.79. The lowest BCUT2D eigenvalue weighted by Gasteiger charge is -2.35. The molecule has 0 saturated carbocycles. The summed E-state index contributed by atoms with van der Waals surface area (Å²) in [6, 6.07) is 9.65. The van der Waals surface area contributed by atoms with E-state index in [2.05, 4.69) is 30.6 Å². The molecule has 0 amide bonds. The Morgan fingerprint density at radius 3 is 2.29 bits per heavy atom. The van der Waals surface area contributed by atoms with Crippen molar-refractivity contribution in [3.8, 4) is 17.6 Å². The quantitative estimate of drug-likeness (QED) is 0.533. The molecule has 11 nitrogen and oxygen atoms in total. The van der Waals surface area contributed by atoms with Crippen LogP contribution in [0, 0.1) is 11.3 Å². The van der Waals surface area contributed by atoms with E-state index >= 15 is 0 Å². The number of nitrogens with zero attached hydrogens (tertiary/aromatic N) is 6. The van der Waals surface area contributed by atoms with Crippen molar-refractivity contribution in [3.05, 3.63) is 54.5 Å². The van der Waals surface area contributed by atoms with E-state index in [0.29, 0.717) is 43.7 Å². The average molecular weight is 482 g/mol. The Balaban J connectivity index is 1.50. The molecule has 176 valence electrons. The summed E-state index contributed by atoms with van der Waals surface area (Å²) in [7, 11) is -1.05. The van der Waals surface area contributed by atoms with Crippen molar-refractivity contribution in [2.45, 2.75) is 4.90 Å². The zero-order chi connectivity index (χ0) is 24.1. The summed E-state index contributed by atoms with van der Waals surface area (Å²) >= 11 is 0. The summed E-state index contributed by atoms with van der Waals surface area (Å²) in [5.41, 5.74) is 0.461. The van der Waals surface area contributed by atoms with Gasteiger partial charge in [0.05, 0.1) is 36.6 Å². The topological polar surface area (TPSA) is 134 Å². The van der Waals surface area contributed by atoms with Crippen LogP contribution in [0.4, 0.5) is 17.5 Å². The second-order valence-corrected chi connectivity index (χ2v) is 9.03. The van der Waals surface area contributed by atoms with Crippen LogP contribution in [0.3, 0.4) is 0 Å². The van der Waals surface area contributed by atoms with Crippen LogP contribution in [0.15, 0.2) is 53.8 Å². The molecule has 0 aliphatic carbocycles. The molecule has 12 heteroatoms. The van der Waals surface area contributed by atoms with E-state index < -0.39 is 10.0 Å². The number of methoxy groups -OCH3 is 2. The first-order valence-corrected chi connectivity index (χ1v) is 11.9. The van der Waals surface area contributed by atoms with Crippen LogP contribution in [0.2, 0.25) is 0 Å². The van der Waals surface area contributed by atoms with Gasteiger partial charge in [-0.3, -0.25) is 4.72 Å². The van der Waals surface area contributed by atoms with Gasteiger partial charge in [-0.05, 0) is 24.3 Å². The minimum Gasteiger partial charge on any atom is -0.493 e. The fourth-order valence-corrected chi connectivity index (χ4v) is 4.67. The number of anilines is 3. The SMILES string of the molecule is COc1ccc(S(=O)(=O)Nc2cnc(N3CCN(c4ncccn4)CC3)c(C#N)c2)cc1OC. The summed E-state index contributed by atoms with van der Waals surface area (Å²) in [6.45, 7) is 2.59. The van der Waals surface area contributed by atoms with Gasteiger partial charge in [-0.2, -0.15) is 5.26 Å². The number of benzene rings is 1. The predicted octanol–water partition coefficient (Wildman–Crippen LogP) is 1.89. The van der Waals surface area contributed by atoms with E-state index in [9.17, 15) is 13.7 Å². The minimum absolute atomic E-state index is 0.00742. The summed E-state index contributed by atoms with van der Waals surface area (Å²) in [6.07, 6.45) is 4.80. The van der Waals surface area contributed by atoms with E-state index in [1.165, 1.54) is 44.7 Å². The molecule has 0 spiro atoms. The van der Waals surface area contributed by atoms with Gasteiger partial charge in [0.15, 0.2) is 11.5 Å². The highest BCUT2D eigenvalue weighted by Crippen LogP contribution is 2.30. The highest BCUT2D eigenvalue weighted by Gasteiger charge is 2.23. The molecule has 4 rings (SSSR count). The summed E-state index contributed by atoms with van der Waals surface area (Å²) < 4.78 is 38.6. The smallest absolute Gasteiger partial charge is 0.262 e. The Morgan fingerprint density at radius 2 is 1.65 bits per heavy atom. The van der Waals surface area contributed by atoms with Gasteiger partial charge in [0.2, 0.25) is 5.95 Å². The van der Waals surface area contributed by atoms with Crippen molar-refractivity contribution in [1.82, 2.24) is 15.0 Å². The number of rotatable bonds is 7. The molecule has 1 fully saturated rings. The normalized spacial score (nSPS) is 13.8. The van der Waals surface area contributed by atoms with Crippen LogP contribution >= 0.6 is 0 Å². The molecular weight excluding hydrogens is 458 g/mol. The van der Waals surface area contributed by atoms with Gasteiger partial charge in [-0.15, -0.1) is 0 Å². The molecule has 1 N–H and O–H groups in total. The Kier molecular flexibility index (Phi) is 6.65. The molecule has 1 aliphatic rings. The monoisotopic (exact) mass is 481 g/mol. The fourth-order valence-electron chi connectivity index (χ4n) is 3.62. The number of pyridine rings is 1. The maximum Gasteiger partial charge on any atom is 0.262 e. The number of ether oxygens (including phenoxy) is 2. The number of nitriles is 1. The first-order valence-electron chi connectivity index (χ1n) is 10.4. The fraction of sp³-hybridized carbons (Fsp3) is 0.273. The van der Waals surface area contributed by atoms with E-state index in [4.69, 9.17) is 9.47 Å². The van der Waals surface area contributed by atoms with E-state index in [-0.39, 0.29) is 21.9 Å². The van der Waals surface area contributed by atoms with Gasteiger partial charge in [-0.25, -0.2) is 23.4 Å². The molecule has 1 aromatic carbocycles. The molecule has 1 aliphatic heterocycles. The van der Waals surface area contributed by atoms with Gasteiger partial charge in [-0.1, -0.05) is 0 Å². The average Bonchev–Trinajstić information content (AvgIpc) is 2.88. The van der Waals surface area contributed by atoms with Gasteiger partial charge in [0.1, 0.15) is 11.9 Å². The van der Waals surface area contributed by atoms with Crippen LogP contribution in [-0.4, -0.2) is 63.8 Å². The molecular formula is C22H23N7O4S. The highest BCUT2D eigenvalue weighted by molar-refractivity contribution is 7.92. The van der Waals surface area contributed by atoms with Crippen molar-refractivity contribution in [2.24, 2.45) is 0 Å². The third-order valence-electron chi connectivity index (χ3n) is 5.32. The van der Waals surface area contributed by atoms with Crippen molar-refractivity contribution >= 4 is 27.5 Å². The second-order valence-electron chi connectivity index (χ2n) is 7.35. The number of hydrogen-bond acceptors (Lipinski definition) is 10. The minimum atomic E-state index is -3.94. The summed E-state index contributed by atoms with van der Waals surface area (Å²) in [4.78, 5) is 17.0. The van der Waals surface area contributed by atoms with Crippen molar-refractivity contribution in [1.29, 1.82) is 5.26 Å². The molecule has 34 heavy (non-hydrogen) atoms. The van der Waals surface area contributed by atoms with Crippen molar-refractivity contribution in [3.63, 3.8) is 0 Å². The zero-order valence-electron chi connectivity index (χ0n) is 18.7. The maximum absolute atomic E-state index is 12.9. The van der Waals surface area contributed by atoms with Crippen LogP contribution < -0.4 is 24.0 Å². The zero-order valence-corrected chi connectivity index (χ0v) is 19.5. The second kappa shape index (κ2) is 9.80. The summed E-state index contributed by atoms with van der Waals surface area (Å²) in [5, 5.41) is 9.69. The maximum atomic E-state index is 12.9. The Morgan fingerprint density at radius 1 is 0.971 bits per heavy atom. The lowest BCUT2D eigenvalue weighted by molar-refractivity contribution is 0.354. The number of nitrogens with one attached hydrogen (secondary N) is 1. The molecule has 0 bridgehead atoms. The molecule has 0 unspecified atom stereocenters. The van der Waals surface area contributed by atoms with E-state index in [1.54, 1.807) is 18.5 Å². The van der Waals surface area contributed by atoms with Crippen LogP contribution in [0.25, 0.3) is 0 Å². The molecule has 1 saturated heterocycles. The molecule has 2 aromatic heterocycles. The van der Waals surface area contributed by atoms with E-state index in [0.717, 1.165) is 0 Å². The predicted molar refractivity (Wildman–Crippen MR) is 126 cm³/mol. The van der Waals surface area contributed by atoms with Crippen molar-refractivity contribution < 1.29 is 17.9 Å².